The van der Waals surface area contributed by atoms with Crippen molar-refractivity contribution in [2.45, 2.75) is 109 Å². The van der Waals surface area contributed by atoms with Crippen LogP contribution in [0.5, 0.6) is 0 Å². The summed E-state index contributed by atoms with van der Waals surface area (Å²) in [6, 6.07) is -0.743. The van der Waals surface area contributed by atoms with Crippen LogP contribution in [0.25, 0.3) is 0 Å². The van der Waals surface area contributed by atoms with Gasteiger partial charge in [-0.05, 0) is 6.42 Å². The van der Waals surface area contributed by atoms with Crippen molar-refractivity contribution in [1.82, 2.24) is 0 Å². The molecule has 0 aromatic heterocycles. The first kappa shape index (κ1) is 30.9. The van der Waals surface area contributed by atoms with Crippen molar-refractivity contribution in [2.75, 3.05) is 40.9 Å². The smallest absolute Gasteiger partial charge is 0.101 e. The molecular formula is C23H53N2O4+. The van der Waals surface area contributed by atoms with Gasteiger partial charge < -0.3 is 30.6 Å². The van der Waals surface area contributed by atoms with E-state index in [1.54, 1.807) is 0 Å². The third-order valence-corrected chi connectivity index (χ3v) is 5.17. The van der Waals surface area contributed by atoms with E-state index in [9.17, 15) is 10.2 Å². The van der Waals surface area contributed by atoms with Crippen LogP contribution in [0.4, 0.5) is 0 Å². The summed E-state index contributed by atoms with van der Waals surface area (Å²) >= 11 is 0. The molecular weight excluding hydrogens is 368 g/mol. The van der Waals surface area contributed by atoms with Crippen LogP contribution >= 0.6 is 0 Å². The number of likely N-dealkylation sites (N-methyl/N-ethyl adjacent to an activating group) is 1. The lowest BCUT2D eigenvalue weighted by atomic mass is 10.00. The molecule has 178 valence electrons. The van der Waals surface area contributed by atoms with Crippen LogP contribution in [0.1, 0.15) is 90.4 Å². The lowest BCUT2D eigenvalue weighted by Crippen LogP contribution is -2.45. The van der Waals surface area contributed by atoms with Crippen LogP contribution in [0, 0.1) is 0 Å². The van der Waals surface area contributed by atoms with E-state index in [2.05, 4.69) is 28.1 Å². The van der Waals surface area contributed by atoms with Crippen LogP contribution in [0.2, 0.25) is 0 Å². The van der Waals surface area contributed by atoms with Gasteiger partial charge in [-0.1, -0.05) is 84.0 Å². The lowest BCUT2D eigenvalue weighted by Gasteiger charge is -2.22. The van der Waals surface area contributed by atoms with E-state index in [0.29, 0.717) is 6.42 Å². The van der Waals surface area contributed by atoms with Gasteiger partial charge in [0.1, 0.15) is 6.54 Å². The molecule has 0 heterocycles. The SMILES string of the molecule is CCCCCCCCCCCCCCC(O)C(O)C(N)CO.C[N+](C)(C)CCO. The molecule has 6 nitrogen and oxygen atoms in total. The van der Waals surface area contributed by atoms with Crippen LogP contribution in [-0.4, -0.2) is 84.1 Å². The highest BCUT2D eigenvalue weighted by molar-refractivity contribution is 4.77. The Kier molecular flexibility index (Phi) is 22.4. The normalized spacial score (nSPS) is 14.8. The van der Waals surface area contributed by atoms with E-state index in [1.165, 1.54) is 64.2 Å². The lowest BCUT2D eigenvalue weighted by molar-refractivity contribution is -0.870. The first-order valence-electron chi connectivity index (χ1n) is 11.8. The Balaban J connectivity index is 0. The van der Waals surface area contributed by atoms with E-state index in [0.717, 1.165) is 23.9 Å². The second-order valence-corrected chi connectivity index (χ2v) is 9.32. The monoisotopic (exact) mass is 421 g/mol. The molecule has 0 spiro atoms. The van der Waals surface area contributed by atoms with E-state index in [4.69, 9.17) is 15.9 Å². The van der Waals surface area contributed by atoms with Crippen molar-refractivity contribution < 1.29 is 24.9 Å². The van der Waals surface area contributed by atoms with Crippen molar-refractivity contribution in [3.63, 3.8) is 0 Å². The van der Waals surface area contributed by atoms with Gasteiger partial charge in [0, 0.05) is 0 Å². The Labute approximate surface area is 180 Å². The van der Waals surface area contributed by atoms with E-state index < -0.39 is 18.2 Å². The minimum atomic E-state index is -1.02. The molecule has 0 rings (SSSR count). The van der Waals surface area contributed by atoms with Gasteiger partial charge in [0.15, 0.2) is 0 Å². The maximum Gasteiger partial charge on any atom is 0.101 e. The second-order valence-electron chi connectivity index (χ2n) is 9.32. The molecule has 29 heavy (non-hydrogen) atoms. The van der Waals surface area contributed by atoms with Crippen LogP contribution < -0.4 is 5.73 Å². The molecule has 3 unspecified atom stereocenters. The molecule has 0 aliphatic rings. The van der Waals surface area contributed by atoms with Gasteiger partial charge in [0.2, 0.25) is 0 Å². The van der Waals surface area contributed by atoms with Gasteiger partial charge in [-0.15, -0.1) is 0 Å². The highest BCUT2D eigenvalue weighted by Crippen LogP contribution is 2.14. The average molecular weight is 422 g/mol. The Morgan fingerprint density at radius 2 is 1.14 bits per heavy atom. The van der Waals surface area contributed by atoms with Gasteiger partial charge in [0.05, 0.1) is 52.6 Å². The Bertz CT molecular complexity index is 324. The number of hydrogen-bond donors (Lipinski definition) is 5. The minimum Gasteiger partial charge on any atom is -0.395 e. The molecule has 6 N–H and O–H groups in total. The predicted octanol–water partition coefficient (Wildman–Crippen LogP) is 2.80. The molecule has 0 saturated heterocycles. The number of rotatable bonds is 18. The molecule has 0 fully saturated rings. The molecule has 0 bridgehead atoms. The highest BCUT2D eigenvalue weighted by atomic mass is 16.3. The molecule has 6 heteroatoms. The van der Waals surface area contributed by atoms with Gasteiger partial charge in [-0.25, -0.2) is 0 Å². The summed E-state index contributed by atoms with van der Waals surface area (Å²) in [6.45, 7) is 3.07. The van der Waals surface area contributed by atoms with Crippen LogP contribution in [0.15, 0.2) is 0 Å². The molecule has 0 radical (unpaired) electrons. The van der Waals surface area contributed by atoms with Crippen molar-refractivity contribution in [1.29, 1.82) is 0 Å². The number of nitrogens with two attached hydrogens (primary N) is 1. The summed E-state index contributed by atoms with van der Waals surface area (Å²) in [6.07, 6.45) is 14.1. The van der Waals surface area contributed by atoms with E-state index in [-0.39, 0.29) is 13.2 Å². The summed E-state index contributed by atoms with van der Waals surface area (Å²) < 4.78 is 0.844. The van der Waals surface area contributed by atoms with Crippen LogP contribution in [-0.2, 0) is 0 Å². The summed E-state index contributed by atoms with van der Waals surface area (Å²) in [5, 5.41) is 36.6. The summed E-state index contributed by atoms with van der Waals surface area (Å²) in [5.41, 5.74) is 5.49. The fraction of sp³-hybridized carbons (Fsp3) is 1.00. The summed E-state index contributed by atoms with van der Waals surface area (Å²) in [4.78, 5) is 0. The first-order valence-corrected chi connectivity index (χ1v) is 11.8. The fourth-order valence-electron chi connectivity index (χ4n) is 3.06. The van der Waals surface area contributed by atoms with Crippen LogP contribution in [0.3, 0.4) is 0 Å². The molecule has 0 aromatic carbocycles. The Morgan fingerprint density at radius 3 is 1.45 bits per heavy atom. The largest absolute Gasteiger partial charge is 0.395 e. The minimum absolute atomic E-state index is 0.281. The molecule has 0 saturated carbocycles. The van der Waals surface area contributed by atoms with E-state index >= 15 is 0 Å². The average Bonchev–Trinajstić information content (AvgIpc) is 2.67. The van der Waals surface area contributed by atoms with Gasteiger partial charge in [-0.2, -0.15) is 0 Å². The van der Waals surface area contributed by atoms with Crippen molar-refractivity contribution in [2.24, 2.45) is 5.73 Å². The molecule has 3 atom stereocenters. The zero-order chi connectivity index (χ0) is 22.5. The quantitative estimate of drug-likeness (QED) is 0.173. The highest BCUT2D eigenvalue weighted by Gasteiger charge is 2.22. The maximum atomic E-state index is 9.74. The van der Waals surface area contributed by atoms with E-state index in [1.807, 2.05) is 0 Å². The number of nitrogens with zero attached hydrogens (tertiary/aromatic N) is 1. The first-order chi connectivity index (χ1) is 13.7. The van der Waals surface area contributed by atoms with Crippen molar-refractivity contribution >= 4 is 0 Å². The number of unbranched alkanes of at least 4 members (excludes halogenated alkanes) is 11. The number of quaternary nitrogens is 1. The van der Waals surface area contributed by atoms with Gasteiger partial charge in [-0.3, -0.25) is 0 Å². The van der Waals surface area contributed by atoms with Crippen molar-refractivity contribution in [3.05, 3.63) is 0 Å². The van der Waals surface area contributed by atoms with Gasteiger partial charge in [0.25, 0.3) is 0 Å². The molecule has 0 aliphatic heterocycles. The molecule has 0 amide bonds. The predicted molar refractivity (Wildman–Crippen MR) is 123 cm³/mol. The molecule has 0 aromatic rings. The third-order valence-electron chi connectivity index (χ3n) is 5.17. The Morgan fingerprint density at radius 1 is 0.724 bits per heavy atom. The zero-order valence-electron chi connectivity index (χ0n) is 19.9. The number of aliphatic hydroxyl groups excluding tert-OH is 4. The molecule has 0 aliphatic carbocycles. The second kappa shape index (κ2) is 21.0. The van der Waals surface area contributed by atoms with Gasteiger partial charge >= 0.3 is 0 Å². The fourth-order valence-corrected chi connectivity index (χ4v) is 3.06. The maximum absolute atomic E-state index is 9.74. The summed E-state index contributed by atoms with van der Waals surface area (Å²) in [5.74, 6) is 0. The zero-order valence-corrected chi connectivity index (χ0v) is 19.9. The number of aliphatic hydroxyl groups is 4. The topological polar surface area (TPSA) is 107 Å². The standard InChI is InChI=1S/C18H39NO3.C5H14NO/c1-2-3-4-5-6-7-8-9-10-11-12-13-14-17(21)18(22)16(19)15-20;1-6(2,3)4-5-7/h16-18,20-22H,2-15,19H2,1H3;7H,4-5H2,1-3H3/q;+1. The Hall–Kier alpha value is -0.240. The number of hydrogen-bond acceptors (Lipinski definition) is 5. The van der Waals surface area contributed by atoms with Crippen molar-refractivity contribution in [3.8, 4) is 0 Å². The third kappa shape index (κ3) is 23.9. The summed E-state index contributed by atoms with van der Waals surface area (Å²) in [7, 11) is 6.16.